The number of rotatable bonds is 12. The Hall–Kier alpha value is -9.38. The smallest absolute Gasteiger partial charge is 0.0465 e. The summed E-state index contributed by atoms with van der Waals surface area (Å²) in [6, 6.07) is 97.7. The fourth-order valence-corrected chi connectivity index (χ4v) is 12.2. The summed E-state index contributed by atoms with van der Waals surface area (Å²) in [6.45, 7) is 14.0. The van der Waals surface area contributed by atoms with Crippen molar-refractivity contribution in [2.45, 2.75) is 52.4 Å². The van der Waals surface area contributed by atoms with E-state index in [1.54, 1.807) is 0 Å². The molecule has 78 heavy (non-hydrogen) atoms. The first kappa shape index (κ1) is 48.3. The summed E-state index contributed by atoms with van der Waals surface area (Å²) >= 11 is 0. The van der Waals surface area contributed by atoms with E-state index in [4.69, 9.17) is 0 Å². The van der Waals surface area contributed by atoms with Crippen LogP contribution in [0, 0.1) is 13.8 Å². The molecule has 0 unspecified atom stereocenters. The lowest BCUT2D eigenvalue weighted by Gasteiger charge is -2.29. The molecule has 4 heteroatoms. The lowest BCUT2D eigenvalue weighted by Crippen LogP contribution is -2.18. The number of para-hydroxylation sites is 4. The second-order valence-corrected chi connectivity index (χ2v) is 22.0. The molecule has 11 aromatic carbocycles. The van der Waals surface area contributed by atoms with Crippen molar-refractivity contribution in [3.8, 4) is 22.3 Å². The number of hydrogen-bond acceptors (Lipinski definition) is 4. The summed E-state index contributed by atoms with van der Waals surface area (Å²) in [5, 5.41) is 0. The Kier molecular flexibility index (Phi) is 12.0. The number of nitrogens with zero attached hydrogens (tertiary/aromatic N) is 4. The van der Waals surface area contributed by atoms with Gasteiger partial charge >= 0.3 is 0 Å². The maximum absolute atomic E-state index is 2.53. The van der Waals surface area contributed by atoms with Crippen LogP contribution in [0.4, 0.5) is 68.2 Å². The van der Waals surface area contributed by atoms with Crippen molar-refractivity contribution in [2.75, 3.05) is 19.6 Å². The van der Waals surface area contributed by atoms with E-state index in [0.29, 0.717) is 0 Å². The first-order valence-electron chi connectivity index (χ1n) is 27.2. The first-order valence-corrected chi connectivity index (χ1v) is 27.2. The molecule has 2 aliphatic rings. The van der Waals surface area contributed by atoms with Crippen LogP contribution in [0.1, 0.15) is 61.1 Å². The zero-order chi connectivity index (χ0) is 53.1. The molecule has 0 radical (unpaired) electrons. The van der Waals surface area contributed by atoms with Gasteiger partial charge < -0.3 is 19.6 Å². The molecule has 0 N–H and O–H groups in total. The van der Waals surface area contributed by atoms with Crippen LogP contribution in [0.2, 0.25) is 0 Å². The molecule has 0 bridgehead atoms. The van der Waals surface area contributed by atoms with E-state index < -0.39 is 0 Å². The molecular weight excluding hydrogens is 945 g/mol. The van der Waals surface area contributed by atoms with E-state index in [1.807, 2.05) is 0 Å². The van der Waals surface area contributed by atoms with Crippen LogP contribution in [-0.4, -0.2) is 0 Å². The number of benzene rings is 11. The summed E-state index contributed by atoms with van der Waals surface area (Å²) in [5.41, 5.74) is 26.1. The predicted octanol–water partition coefficient (Wildman–Crippen LogP) is 20.8. The summed E-state index contributed by atoms with van der Waals surface area (Å²) in [5.74, 6) is 0. The monoisotopic (exact) mass is 1010 g/mol. The number of aryl methyl sites for hydroxylation is 2. The van der Waals surface area contributed by atoms with Crippen LogP contribution in [0.3, 0.4) is 0 Å². The molecule has 0 amide bonds. The number of hydrogen-bond donors (Lipinski definition) is 0. The highest BCUT2D eigenvalue weighted by Gasteiger charge is 2.42. The quantitative estimate of drug-likeness (QED) is 0.121. The summed E-state index contributed by atoms with van der Waals surface area (Å²) < 4.78 is 0. The molecule has 0 atom stereocenters. The highest BCUT2D eigenvalue weighted by Crippen LogP contribution is 2.58. The molecule has 13 rings (SSSR count). The number of anilines is 12. The third kappa shape index (κ3) is 8.42. The van der Waals surface area contributed by atoms with E-state index in [9.17, 15) is 0 Å². The van der Waals surface area contributed by atoms with E-state index >= 15 is 0 Å². The highest BCUT2D eigenvalue weighted by molar-refractivity contribution is 5.93. The Bertz CT molecular complexity index is 3600. The largest absolute Gasteiger partial charge is 0.311 e. The van der Waals surface area contributed by atoms with Gasteiger partial charge in [-0.1, -0.05) is 148 Å². The van der Waals surface area contributed by atoms with Gasteiger partial charge in [-0.05, 0) is 216 Å². The summed E-state index contributed by atoms with van der Waals surface area (Å²) in [4.78, 5) is 9.45. The Morgan fingerprint density at radius 2 is 0.410 bits per heavy atom. The van der Waals surface area contributed by atoms with Crippen LogP contribution in [0.15, 0.2) is 267 Å². The molecule has 4 nitrogen and oxygen atoms in total. The van der Waals surface area contributed by atoms with Crippen LogP contribution in [0.5, 0.6) is 0 Å². The molecule has 378 valence electrons. The molecule has 0 fully saturated rings. The minimum absolute atomic E-state index is 0.248. The van der Waals surface area contributed by atoms with Crippen molar-refractivity contribution in [1.82, 2.24) is 0 Å². The van der Waals surface area contributed by atoms with Crippen molar-refractivity contribution in [2.24, 2.45) is 0 Å². The molecule has 0 saturated heterocycles. The Morgan fingerprint density at radius 1 is 0.205 bits per heavy atom. The van der Waals surface area contributed by atoms with Crippen molar-refractivity contribution in [3.05, 3.63) is 300 Å². The van der Waals surface area contributed by atoms with Gasteiger partial charge in [0.05, 0.1) is 0 Å². The standard InChI is InChI=1S/C74H62N4/c1-51-27-31-57(32-28-51)77(61-39-35-59(36-40-61)75(53-19-11-7-12-20-53)54-21-13-8-14-22-54)63-43-45-65-67-49-72-68(50-71(67)73(3,4)69(65)47-63)66-46-44-64(48-70(66)74(72,5)6)78(58-33-29-52(2)30-34-58)62-41-37-60(38-42-62)76(55-23-15-9-16-24-55)56-25-17-10-18-26-56/h7-50H,1-6H3. The average Bonchev–Trinajstić information content (AvgIpc) is 3.94. The average molecular weight is 1010 g/mol. The van der Waals surface area contributed by atoms with E-state index in [2.05, 4.69) is 328 Å². The van der Waals surface area contributed by atoms with Crippen molar-refractivity contribution in [3.63, 3.8) is 0 Å². The summed E-state index contributed by atoms with van der Waals surface area (Å²) in [7, 11) is 0. The molecule has 0 spiro atoms. The van der Waals surface area contributed by atoms with Crippen LogP contribution in [-0.2, 0) is 10.8 Å². The lowest BCUT2D eigenvalue weighted by molar-refractivity contribution is 0.652. The van der Waals surface area contributed by atoms with Crippen LogP contribution < -0.4 is 19.6 Å². The first-order chi connectivity index (χ1) is 38.0. The molecular formula is C74H62N4. The topological polar surface area (TPSA) is 13.0 Å². The molecule has 0 aliphatic heterocycles. The van der Waals surface area contributed by atoms with Gasteiger partial charge in [-0.2, -0.15) is 0 Å². The van der Waals surface area contributed by atoms with Crippen molar-refractivity contribution < 1.29 is 0 Å². The van der Waals surface area contributed by atoms with Crippen LogP contribution >= 0.6 is 0 Å². The second-order valence-electron chi connectivity index (χ2n) is 22.0. The molecule has 11 aromatic rings. The van der Waals surface area contributed by atoms with E-state index in [1.165, 1.54) is 55.6 Å². The van der Waals surface area contributed by atoms with Gasteiger partial charge in [-0.25, -0.2) is 0 Å². The minimum Gasteiger partial charge on any atom is -0.311 e. The van der Waals surface area contributed by atoms with Gasteiger partial charge in [-0.15, -0.1) is 0 Å². The normalized spacial score (nSPS) is 13.2. The SMILES string of the molecule is Cc1ccc(N(c2ccc(N(c3ccccc3)c3ccccc3)cc2)c2ccc3c(c2)C(C)(C)c2cc4c(cc2-3)C(C)(C)c2cc(N(c3ccc(C)cc3)c3ccc(N(c5ccccc5)c5ccccc5)cc3)ccc2-4)cc1. The van der Waals surface area contributed by atoms with Crippen LogP contribution in [0.25, 0.3) is 22.3 Å². The Labute approximate surface area is 460 Å². The van der Waals surface area contributed by atoms with E-state index in [-0.39, 0.29) is 10.8 Å². The maximum Gasteiger partial charge on any atom is 0.0465 e. The third-order valence-corrected chi connectivity index (χ3v) is 16.3. The van der Waals surface area contributed by atoms with E-state index in [0.717, 1.165) is 68.2 Å². The number of fused-ring (bicyclic) bond motifs is 6. The zero-order valence-corrected chi connectivity index (χ0v) is 45.2. The minimum atomic E-state index is -0.248. The van der Waals surface area contributed by atoms with Gasteiger partial charge in [0.25, 0.3) is 0 Å². The fourth-order valence-electron chi connectivity index (χ4n) is 12.2. The molecule has 0 aromatic heterocycles. The predicted molar refractivity (Wildman–Crippen MR) is 330 cm³/mol. The van der Waals surface area contributed by atoms with Gasteiger partial charge in [-0.3, -0.25) is 0 Å². The molecule has 0 heterocycles. The van der Waals surface area contributed by atoms with Gasteiger partial charge in [0.2, 0.25) is 0 Å². The molecule has 2 aliphatic carbocycles. The fraction of sp³-hybridized carbons (Fsp3) is 0.108. The van der Waals surface area contributed by atoms with Gasteiger partial charge in [0.1, 0.15) is 0 Å². The highest BCUT2D eigenvalue weighted by atomic mass is 15.2. The lowest BCUT2D eigenvalue weighted by atomic mass is 9.79. The molecule has 0 saturated carbocycles. The Morgan fingerprint density at radius 3 is 0.679 bits per heavy atom. The van der Waals surface area contributed by atoms with Gasteiger partial charge in [0, 0.05) is 79.1 Å². The van der Waals surface area contributed by atoms with Gasteiger partial charge in [0.15, 0.2) is 0 Å². The summed E-state index contributed by atoms with van der Waals surface area (Å²) in [6.07, 6.45) is 0. The second kappa shape index (κ2) is 19.3. The van der Waals surface area contributed by atoms with Crippen molar-refractivity contribution >= 4 is 68.2 Å². The Balaban J connectivity index is 0.851. The maximum atomic E-state index is 2.53. The third-order valence-electron chi connectivity index (χ3n) is 16.3. The zero-order valence-electron chi connectivity index (χ0n) is 45.2. The van der Waals surface area contributed by atoms with Crippen molar-refractivity contribution in [1.29, 1.82) is 0 Å².